The van der Waals surface area contributed by atoms with E-state index in [2.05, 4.69) is 10.6 Å². The lowest BCUT2D eigenvalue weighted by Crippen LogP contribution is -2.42. The summed E-state index contributed by atoms with van der Waals surface area (Å²) in [6.45, 7) is 1.50. The van der Waals surface area contributed by atoms with Gasteiger partial charge in [0.25, 0.3) is 0 Å². The fourth-order valence-electron chi connectivity index (χ4n) is 2.21. The molecule has 18 heavy (non-hydrogen) atoms. The van der Waals surface area contributed by atoms with Gasteiger partial charge in [-0.3, -0.25) is 4.79 Å². The zero-order chi connectivity index (χ0) is 12.8. The van der Waals surface area contributed by atoms with Gasteiger partial charge in [0.1, 0.15) is 0 Å². The summed E-state index contributed by atoms with van der Waals surface area (Å²) in [5, 5.41) is 15.3. The second kappa shape index (κ2) is 6.52. The number of benzene rings is 1. The van der Waals surface area contributed by atoms with Gasteiger partial charge >= 0.3 is 0 Å². The van der Waals surface area contributed by atoms with Crippen LogP contribution in [0.1, 0.15) is 30.4 Å². The van der Waals surface area contributed by atoms with Crippen molar-refractivity contribution in [2.45, 2.75) is 38.5 Å². The maximum atomic E-state index is 11.7. The van der Waals surface area contributed by atoms with Gasteiger partial charge in [0.05, 0.1) is 12.6 Å². The molecule has 1 unspecified atom stereocenters. The molecule has 0 aromatic heterocycles. The second-order valence-electron chi connectivity index (χ2n) is 4.70. The van der Waals surface area contributed by atoms with E-state index in [1.165, 1.54) is 0 Å². The Morgan fingerprint density at radius 1 is 1.33 bits per heavy atom. The van der Waals surface area contributed by atoms with Crippen LogP contribution in [-0.4, -0.2) is 23.6 Å². The highest BCUT2D eigenvalue weighted by Crippen LogP contribution is 2.08. The SMILES string of the molecule is O=C1NCCCCC1NCc1cccc(CO)c1. The lowest BCUT2D eigenvalue weighted by molar-refractivity contribution is -0.122. The van der Waals surface area contributed by atoms with Gasteiger partial charge in [-0.2, -0.15) is 0 Å². The summed E-state index contributed by atoms with van der Waals surface area (Å²) >= 11 is 0. The van der Waals surface area contributed by atoms with Crippen LogP contribution in [0.25, 0.3) is 0 Å². The van der Waals surface area contributed by atoms with E-state index in [0.29, 0.717) is 6.54 Å². The van der Waals surface area contributed by atoms with Gasteiger partial charge in [-0.05, 0) is 30.4 Å². The molecule has 1 fully saturated rings. The largest absolute Gasteiger partial charge is 0.392 e. The first kappa shape index (κ1) is 13.1. The van der Waals surface area contributed by atoms with Gasteiger partial charge in [-0.15, -0.1) is 0 Å². The van der Waals surface area contributed by atoms with Crippen molar-refractivity contribution in [2.75, 3.05) is 6.54 Å². The van der Waals surface area contributed by atoms with Crippen molar-refractivity contribution in [3.05, 3.63) is 35.4 Å². The highest BCUT2D eigenvalue weighted by atomic mass is 16.3. The first-order valence-electron chi connectivity index (χ1n) is 6.49. The molecule has 0 saturated carbocycles. The van der Waals surface area contributed by atoms with E-state index in [1.54, 1.807) is 0 Å². The fraction of sp³-hybridized carbons (Fsp3) is 0.500. The first-order valence-corrected chi connectivity index (χ1v) is 6.49. The molecular weight excluding hydrogens is 228 g/mol. The van der Waals surface area contributed by atoms with E-state index in [0.717, 1.165) is 36.9 Å². The predicted molar refractivity (Wildman–Crippen MR) is 69.9 cm³/mol. The third kappa shape index (κ3) is 3.55. The van der Waals surface area contributed by atoms with Crippen molar-refractivity contribution < 1.29 is 9.90 Å². The Hall–Kier alpha value is -1.39. The number of hydrogen-bond donors (Lipinski definition) is 3. The summed E-state index contributed by atoms with van der Waals surface area (Å²) in [6.07, 6.45) is 3.03. The lowest BCUT2D eigenvalue weighted by atomic mass is 10.1. The van der Waals surface area contributed by atoms with Gasteiger partial charge in [0, 0.05) is 13.1 Å². The van der Waals surface area contributed by atoms with Crippen LogP contribution < -0.4 is 10.6 Å². The number of carbonyl (C=O) groups is 1. The van der Waals surface area contributed by atoms with Crippen LogP contribution in [0.3, 0.4) is 0 Å². The average molecular weight is 248 g/mol. The zero-order valence-electron chi connectivity index (χ0n) is 10.5. The molecule has 1 aromatic rings. The average Bonchev–Trinajstić information content (AvgIpc) is 2.61. The van der Waals surface area contributed by atoms with Crippen LogP contribution in [0.15, 0.2) is 24.3 Å². The number of carbonyl (C=O) groups excluding carboxylic acids is 1. The Labute approximate surface area is 107 Å². The molecule has 1 aliphatic heterocycles. The molecule has 4 nitrogen and oxygen atoms in total. The Balaban J connectivity index is 1.91. The fourth-order valence-corrected chi connectivity index (χ4v) is 2.21. The summed E-state index contributed by atoms with van der Waals surface area (Å²) in [6, 6.07) is 7.69. The highest BCUT2D eigenvalue weighted by molar-refractivity contribution is 5.81. The van der Waals surface area contributed by atoms with Crippen molar-refractivity contribution in [3.8, 4) is 0 Å². The molecule has 1 saturated heterocycles. The Morgan fingerprint density at radius 2 is 2.17 bits per heavy atom. The summed E-state index contributed by atoms with van der Waals surface area (Å²) in [7, 11) is 0. The van der Waals surface area contributed by atoms with Crippen LogP contribution in [-0.2, 0) is 17.9 Å². The van der Waals surface area contributed by atoms with Gasteiger partial charge in [-0.25, -0.2) is 0 Å². The quantitative estimate of drug-likeness (QED) is 0.743. The molecular formula is C14H20N2O2. The van der Waals surface area contributed by atoms with Crippen molar-refractivity contribution in [3.63, 3.8) is 0 Å². The molecule has 4 heteroatoms. The molecule has 0 radical (unpaired) electrons. The van der Waals surface area contributed by atoms with Crippen molar-refractivity contribution >= 4 is 5.91 Å². The van der Waals surface area contributed by atoms with Crippen molar-refractivity contribution in [2.24, 2.45) is 0 Å². The Kier molecular flexibility index (Phi) is 4.73. The third-order valence-corrected chi connectivity index (χ3v) is 3.26. The van der Waals surface area contributed by atoms with Crippen molar-refractivity contribution in [1.29, 1.82) is 0 Å². The number of rotatable bonds is 4. The normalized spacial score (nSPS) is 20.3. The van der Waals surface area contributed by atoms with Crippen LogP contribution in [0, 0.1) is 0 Å². The van der Waals surface area contributed by atoms with Crippen LogP contribution in [0.2, 0.25) is 0 Å². The molecule has 1 atom stereocenters. The maximum Gasteiger partial charge on any atom is 0.237 e. The standard InChI is InChI=1S/C14H20N2O2/c17-10-12-5-3-4-11(8-12)9-16-13-6-1-2-7-15-14(13)18/h3-5,8,13,16-17H,1-2,6-7,9-10H2,(H,15,18). The van der Waals surface area contributed by atoms with Crippen LogP contribution in [0.5, 0.6) is 0 Å². The first-order chi connectivity index (χ1) is 8.79. The number of nitrogens with one attached hydrogen (secondary N) is 2. The summed E-state index contributed by atoms with van der Waals surface area (Å²) in [5.41, 5.74) is 2.00. The van der Waals surface area contributed by atoms with Gasteiger partial charge in [0.15, 0.2) is 0 Å². The monoisotopic (exact) mass is 248 g/mol. The summed E-state index contributed by atoms with van der Waals surface area (Å²) in [4.78, 5) is 11.7. The summed E-state index contributed by atoms with van der Waals surface area (Å²) in [5.74, 6) is 0.103. The number of hydrogen-bond acceptors (Lipinski definition) is 3. The second-order valence-corrected chi connectivity index (χ2v) is 4.70. The molecule has 0 bridgehead atoms. The van der Waals surface area contributed by atoms with Gasteiger partial charge in [-0.1, -0.05) is 24.3 Å². The van der Waals surface area contributed by atoms with Crippen molar-refractivity contribution in [1.82, 2.24) is 10.6 Å². The van der Waals surface area contributed by atoms with Gasteiger partial charge < -0.3 is 15.7 Å². The highest BCUT2D eigenvalue weighted by Gasteiger charge is 2.19. The molecule has 1 aliphatic rings. The number of amides is 1. The number of aliphatic hydroxyl groups is 1. The Morgan fingerprint density at radius 3 is 3.00 bits per heavy atom. The predicted octanol–water partition coefficient (Wildman–Crippen LogP) is 0.937. The summed E-state index contributed by atoms with van der Waals surface area (Å²) < 4.78 is 0. The van der Waals surface area contributed by atoms with Gasteiger partial charge in [0.2, 0.25) is 5.91 Å². The molecule has 1 amide bonds. The molecule has 1 heterocycles. The van der Waals surface area contributed by atoms with E-state index in [9.17, 15) is 4.79 Å². The van der Waals surface area contributed by atoms with E-state index in [4.69, 9.17) is 5.11 Å². The Bertz CT molecular complexity index is 407. The topological polar surface area (TPSA) is 61.4 Å². The molecule has 3 N–H and O–H groups in total. The molecule has 98 valence electrons. The van der Waals surface area contributed by atoms with E-state index in [1.807, 2.05) is 24.3 Å². The minimum atomic E-state index is -0.0923. The van der Waals surface area contributed by atoms with Crippen LogP contribution in [0.4, 0.5) is 0 Å². The lowest BCUT2D eigenvalue weighted by Gasteiger charge is -2.15. The molecule has 1 aromatic carbocycles. The van der Waals surface area contributed by atoms with E-state index < -0.39 is 0 Å². The third-order valence-electron chi connectivity index (χ3n) is 3.26. The molecule has 2 rings (SSSR count). The number of aliphatic hydroxyl groups excluding tert-OH is 1. The zero-order valence-corrected chi connectivity index (χ0v) is 10.5. The minimum Gasteiger partial charge on any atom is -0.392 e. The molecule has 0 aliphatic carbocycles. The molecule has 0 spiro atoms. The maximum absolute atomic E-state index is 11.7. The van der Waals surface area contributed by atoms with E-state index in [-0.39, 0.29) is 18.6 Å². The van der Waals surface area contributed by atoms with E-state index >= 15 is 0 Å². The smallest absolute Gasteiger partial charge is 0.237 e. The van der Waals surface area contributed by atoms with Crippen LogP contribution >= 0.6 is 0 Å². The minimum absolute atomic E-state index is 0.0533.